The van der Waals surface area contributed by atoms with Gasteiger partial charge >= 0.3 is 6.09 Å². The summed E-state index contributed by atoms with van der Waals surface area (Å²) in [5, 5.41) is 22.6. The summed E-state index contributed by atoms with van der Waals surface area (Å²) >= 11 is 0. The molecule has 0 radical (unpaired) electrons. The van der Waals surface area contributed by atoms with Crippen LogP contribution in [0.4, 0.5) is 4.79 Å². The summed E-state index contributed by atoms with van der Waals surface area (Å²) in [6.45, 7) is 6.98. The lowest BCUT2D eigenvalue weighted by molar-refractivity contribution is 0.0361. The summed E-state index contributed by atoms with van der Waals surface area (Å²) in [6, 6.07) is 9.02. The second-order valence-electron chi connectivity index (χ2n) is 11.2. The number of β-amino-alcohol motifs (C(OH)–C–C–N with tert-alkyl or cyclic N) is 1. The van der Waals surface area contributed by atoms with E-state index in [-0.39, 0.29) is 24.0 Å². The van der Waals surface area contributed by atoms with Gasteiger partial charge in [-0.2, -0.15) is 5.10 Å². The van der Waals surface area contributed by atoms with Crippen LogP contribution in [-0.4, -0.2) is 100 Å². The molecule has 3 N–H and O–H groups in total. The van der Waals surface area contributed by atoms with E-state index in [1.807, 2.05) is 28.9 Å². The molecule has 2 unspecified atom stereocenters. The van der Waals surface area contributed by atoms with E-state index in [9.17, 15) is 14.7 Å². The number of carbonyl (C=O) groups excluding carboxylic acids is 2. The lowest BCUT2D eigenvalue weighted by atomic mass is 9.96. The highest BCUT2D eigenvalue weighted by molar-refractivity contribution is 6.05. The molecule has 0 spiro atoms. The summed E-state index contributed by atoms with van der Waals surface area (Å²) in [6.07, 6.45) is 4.01. The van der Waals surface area contributed by atoms with Crippen LogP contribution in [0.3, 0.4) is 0 Å². The molecule has 0 saturated carbocycles. The van der Waals surface area contributed by atoms with Crippen molar-refractivity contribution in [3.63, 3.8) is 0 Å². The number of alkyl carbamates (subject to hydrolysis) is 1. The number of hydrogen-bond donors (Lipinski definition) is 3. The summed E-state index contributed by atoms with van der Waals surface area (Å²) in [7, 11) is 1.37. The Balaban J connectivity index is 1.14. The predicted molar refractivity (Wildman–Crippen MR) is 141 cm³/mol. The summed E-state index contributed by atoms with van der Waals surface area (Å²) in [4.78, 5) is 29.4. The van der Waals surface area contributed by atoms with Gasteiger partial charge in [0.25, 0.3) is 5.91 Å². The lowest BCUT2D eigenvalue weighted by Crippen LogP contribution is -2.53. The number of likely N-dealkylation sites (tertiary alicyclic amines) is 1. The Kier molecular flexibility index (Phi) is 7.69. The van der Waals surface area contributed by atoms with Gasteiger partial charge < -0.3 is 20.5 Å². The molecule has 3 fully saturated rings. The molecule has 3 aliphatic rings. The average molecular weight is 513 g/mol. The van der Waals surface area contributed by atoms with E-state index in [0.717, 1.165) is 56.1 Å². The van der Waals surface area contributed by atoms with Crippen LogP contribution in [0.15, 0.2) is 24.3 Å². The molecule has 202 valence electrons. The number of hydrogen-bond acceptors (Lipinski definition) is 7. The van der Waals surface area contributed by atoms with Crippen LogP contribution in [0.1, 0.15) is 62.5 Å². The topological polar surface area (TPSA) is 112 Å². The highest BCUT2D eigenvalue weighted by Gasteiger charge is 2.42. The van der Waals surface area contributed by atoms with Crippen molar-refractivity contribution in [2.45, 2.75) is 82.3 Å². The van der Waals surface area contributed by atoms with Crippen molar-refractivity contribution in [1.29, 1.82) is 0 Å². The van der Waals surface area contributed by atoms with E-state index >= 15 is 0 Å². The van der Waals surface area contributed by atoms with E-state index in [0.29, 0.717) is 30.9 Å². The molecular weight excluding hydrogens is 472 g/mol. The maximum atomic E-state index is 13.3. The van der Waals surface area contributed by atoms with Gasteiger partial charge in [0.2, 0.25) is 0 Å². The highest BCUT2D eigenvalue weighted by Crippen LogP contribution is 2.36. The molecular formula is C27H40N6O4. The van der Waals surface area contributed by atoms with Crippen molar-refractivity contribution in [2.24, 2.45) is 0 Å². The number of aliphatic hydroxyl groups is 1. The number of piperidine rings is 1. The van der Waals surface area contributed by atoms with Gasteiger partial charge in [-0.1, -0.05) is 18.2 Å². The molecule has 3 saturated heterocycles. The standard InChI is InChI=1S/C27H40N6O4/c1-17(2)33-24-7-5-4-6-23(24)25(30-33)26(35)28-19-12-20-8-9-21(13-19)32(20)16-22(34)15-31-11-10-18(14-31)29-27(36)37-3/h4-7,17-22,34H,8-16H2,1-3H3,(H,28,35)(H,29,36)/t18?,19-,20+,21-,22?. The number of para-hydroxylation sites is 1. The second kappa shape index (κ2) is 11.0. The average Bonchev–Trinajstić information content (AvgIpc) is 3.53. The molecule has 10 nitrogen and oxygen atoms in total. The minimum absolute atomic E-state index is 0.0687. The van der Waals surface area contributed by atoms with Gasteiger partial charge in [0, 0.05) is 61.8 Å². The summed E-state index contributed by atoms with van der Waals surface area (Å²) < 4.78 is 6.61. The predicted octanol–water partition coefficient (Wildman–Crippen LogP) is 2.13. The Morgan fingerprint density at radius 3 is 2.51 bits per heavy atom. The van der Waals surface area contributed by atoms with Crippen LogP contribution in [0, 0.1) is 0 Å². The number of aliphatic hydroxyl groups excluding tert-OH is 1. The summed E-state index contributed by atoms with van der Waals surface area (Å²) in [5.41, 5.74) is 1.48. The van der Waals surface area contributed by atoms with Crippen molar-refractivity contribution in [3.05, 3.63) is 30.0 Å². The highest BCUT2D eigenvalue weighted by atomic mass is 16.5. The number of aromatic nitrogens is 2. The number of fused-ring (bicyclic) bond motifs is 3. The monoisotopic (exact) mass is 512 g/mol. The van der Waals surface area contributed by atoms with Crippen LogP contribution in [0.2, 0.25) is 0 Å². The van der Waals surface area contributed by atoms with Crippen LogP contribution < -0.4 is 10.6 Å². The molecule has 2 aromatic rings. The van der Waals surface area contributed by atoms with Crippen LogP contribution in [0.5, 0.6) is 0 Å². The van der Waals surface area contributed by atoms with Gasteiger partial charge in [-0.25, -0.2) is 4.79 Å². The van der Waals surface area contributed by atoms with Crippen molar-refractivity contribution >= 4 is 22.9 Å². The van der Waals surface area contributed by atoms with Crippen LogP contribution in [0.25, 0.3) is 10.9 Å². The van der Waals surface area contributed by atoms with Gasteiger partial charge in [0.05, 0.1) is 18.7 Å². The van der Waals surface area contributed by atoms with E-state index in [1.54, 1.807) is 0 Å². The fourth-order valence-corrected chi connectivity index (χ4v) is 6.54. The molecule has 10 heteroatoms. The fraction of sp³-hybridized carbons (Fsp3) is 0.667. The van der Waals surface area contributed by atoms with E-state index in [4.69, 9.17) is 4.74 Å². The largest absolute Gasteiger partial charge is 0.453 e. The first-order valence-corrected chi connectivity index (χ1v) is 13.6. The maximum Gasteiger partial charge on any atom is 0.407 e. The minimum atomic E-state index is -0.447. The lowest BCUT2D eigenvalue weighted by Gasteiger charge is -2.40. The Hall–Kier alpha value is -2.69. The van der Waals surface area contributed by atoms with Crippen LogP contribution >= 0.6 is 0 Å². The number of methoxy groups -OCH3 is 1. The molecule has 2 amide bonds. The van der Waals surface area contributed by atoms with E-state index < -0.39 is 12.2 Å². The molecule has 3 aliphatic heterocycles. The molecule has 37 heavy (non-hydrogen) atoms. The van der Waals surface area contributed by atoms with Crippen molar-refractivity contribution in [1.82, 2.24) is 30.2 Å². The smallest absolute Gasteiger partial charge is 0.407 e. The molecule has 5 atom stereocenters. The molecule has 0 aliphatic carbocycles. The SMILES string of the molecule is COC(=O)NC1CCN(CC(O)CN2[C@@H]3CC[C@H]2C[C@@H](NC(=O)c2nn(C(C)C)c4ccccc24)C3)C1. The van der Waals surface area contributed by atoms with Crippen molar-refractivity contribution in [2.75, 3.05) is 33.3 Å². The second-order valence-corrected chi connectivity index (χ2v) is 11.2. The summed E-state index contributed by atoms with van der Waals surface area (Å²) in [5.74, 6) is -0.0994. The van der Waals surface area contributed by atoms with Gasteiger partial charge in [-0.15, -0.1) is 0 Å². The third-order valence-corrected chi connectivity index (χ3v) is 8.21. The Bertz CT molecular complexity index is 1110. The Morgan fingerprint density at radius 1 is 1.08 bits per heavy atom. The normalized spacial score (nSPS) is 27.1. The molecule has 1 aromatic carbocycles. The van der Waals surface area contributed by atoms with Gasteiger partial charge in [-0.3, -0.25) is 19.3 Å². The zero-order chi connectivity index (χ0) is 26.1. The van der Waals surface area contributed by atoms with E-state index in [1.165, 1.54) is 7.11 Å². The molecule has 4 heterocycles. The Labute approximate surface area is 218 Å². The number of ether oxygens (including phenoxy) is 1. The first kappa shape index (κ1) is 25.9. The van der Waals surface area contributed by atoms with Crippen molar-refractivity contribution in [3.8, 4) is 0 Å². The Morgan fingerprint density at radius 2 is 1.81 bits per heavy atom. The molecule has 2 bridgehead atoms. The van der Waals surface area contributed by atoms with E-state index in [2.05, 4.69) is 39.4 Å². The molecule has 1 aromatic heterocycles. The first-order valence-electron chi connectivity index (χ1n) is 13.6. The zero-order valence-electron chi connectivity index (χ0n) is 22.1. The quantitative estimate of drug-likeness (QED) is 0.497. The minimum Gasteiger partial charge on any atom is -0.453 e. The van der Waals surface area contributed by atoms with Crippen molar-refractivity contribution < 1.29 is 19.4 Å². The zero-order valence-corrected chi connectivity index (χ0v) is 22.1. The van der Waals surface area contributed by atoms with Gasteiger partial charge in [-0.05, 0) is 52.0 Å². The van der Waals surface area contributed by atoms with Crippen LogP contribution in [-0.2, 0) is 4.74 Å². The number of nitrogens with one attached hydrogen (secondary N) is 2. The first-order chi connectivity index (χ1) is 17.8. The fourth-order valence-electron chi connectivity index (χ4n) is 6.54. The maximum absolute atomic E-state index is 13.3. The molecule has 5 rings (SSSR count). The van der Waals surface area contributed by atoms with Gasteiger partial charge in [0.1, 0.15) is 0 Å². The number of amides is 2. The number of nitrogens with zero attached hydrogens (tertiary/aromatic N) is 4. The number of carbonyl (C=O) groups is 2. The third kappa shape index (κ3) is 5.61. The number of benzene rings is 1. The van der Waals surface area contributed by atoms with Gasteiger partial charge in [0.15, 0.2) is 5.69 Å². The number of rotatable bonds is 8. The third-order valence-electron chi connectivity index (χ3n) is 8.21.